The molecule has 0 unspecified atom stereocenters. The monoisotopic (exact) mass is 368 g/mol. The molecule has 1 amide bonds. The van der Waals surface area contributed by atoms with Crippen LogP contribution < -0.4 is 5.32 Å². The molecule has 1 heterocycles. The van der Waals surface area contributed by atoms with E-state index in [4.69, 9.17) is 0 Å². The SMILES string of the molecule is Cc1cc(NC(=O)[C@@H](c2ccccc2)n2cccc2)ccc1Br. The molecule has 2 aromatic carbocycles. The van der Waals surface area contributed by atoms with Gasteiger partial charge in [-0.3, -0.25) is 4.79 Å². The molecule has 0 bridgehead atoms. The summed E-state index contributed by atoms with van der Waals surface area (Å²) in [4.78, 5) is 12.9. The number of benzene rings is 2. The third kappa shape index (κ3) is 3.54. The summed E-state index contributed by atoms with van der Waals surface area (Å²) in [6.45, 7) is 2.00. The van der Waals surface area contributed by atoms with Gasteiger partial charge in [0.1, 0.15) is 6.04 Å². The molecule has 0 saturated carbocycles. The second-order valence-corrected chi connectivity index (χ2v) is 6.25. The third-order valence-electron chi connectivity index (χ3n) is 3.71. The second-order valence-electron chi connectivity index (χ2n) is 5.40. The van der Waals surface area contributed by atoms with E-state index >= 15 is 0 Å². The molecule has 1 aromatic heterocycles. The Hall–Kier alpha value is -2.33. The van der Waals surface area contributed by atoms with E-state index in [1.165, 1.54) is 0 Å². The molecule has 1 atom stereocenters. The Bertz CT molecular complexity index is 798. The minimum absolute atomic E-state index is 0.0610. The van der Waals surface area contributed by atoms with Crippen LogP contribution in [0.3, 0.4) is 0 Å². The van der Waals surface area contributed by atoms with Crippen LogP contribution >= 0.6 is 15.9 Å². The van der Waals surface area contributed by atoms with E-state index in [0.29, 0.717) is 0 Å². The molecule has 3 rings (SSSR count). The van der Waals surface area contributed by atoms with Gasteiger partial charge in [-0.2, -0.15) is 0 Å². The summed E-state index contributed by atoms with van der Waals surface area (Å²) in [6.07, 6.45) is 3.81. The fourth-order valence-corrected chi connectivity index (χ4v) is 2.79. The van der Waals surface area contributed by atoms with Gasteiger partial charge in [0.25, 0.3) is 5.91 Å². The van der Waals surface area contributed by atoms with Crippen molar-refractivity contribution in [1.82, 2.24) is 4.57 Å². The minimum atomic E-state index is -0.393. The van der Waals surface area contributed by atoms with E-state index in [1.54, 1.807) is 0 Å². The van der Waals surface area contributed by atoms with Gasteiger partial charge in [-0.1, -0.05) is 46.3 Å². The highest BCUT2D eigenvalue weighted by molar-refractivity contribution is 9.10. The van der Waals surface area contributed by atoms with Gasteiger partial charge in [-0.25, -0.2) is 0 Å². The maximum absolute atomic E-state index is 12.9. The van der Waals surface area contributed by atoms with Crippen molar-refractivity contribution in [2.75, 3.05) is 5.32 Å². The second kappa shape index (κ2) is 6.84. The fraction of sp³-hybridized carbons (Fsp3) is 0.105. The minimum Gasteiger partial charge on any atom is -0.338 e. The van der Waals surface area contributed by atoms with E-state index in [1.807, 2.05) is 84.5 Å². The Morgan fingerprint density at radius 3 is 2.39 bits per heavy atom. The molecular weight excluding hydrogens is 352 g/mol. The van der Waals surface area contributed by atoms with Crippen molar-refractivity contribution in [3.8, 4) is 0 Å². The predicted octanol–water partition coefficient (Wildman–Crippen LogP) is 4.79. The van der Waals surface area contributed by atoms with Gasteiger partial charge in [0, 0.05) is 22.6 Å². The molecule has 0 aliphatic heterocycles. The number of hydrogen-bond donors (Lipinski definition) is 1. The van der Waals surface area contributed by atoms with Crippen molar-refractivity contribution in [1.29, 1.82) is 0 Å². The summed E-state index contributed by atoms with van der Waals surface area (Å²) in [5.74, 6) is -0.0610. The summed E-state index contributed by atoms with van der Waals surface area (Å²) in [6, 6.07) is 19.0. The lowest BCUT2D eigenvalue weighted by Gasteiger charge is -2.19. The quantitative estimate of drug-likeness (QED) is 0.705. The highest BCUT2D eigenvalue weighted by Gasteiger charge is 2.21. The molecule has 116 valence electrons. The number of aryl methyl sites for hydroxylation is 1. The summed E-state index contributed by atoms with van der Waals surface area (Å²) >= 11 is 3.48. The van der Waals surface area contributed by atoms with Gasteiger partial charge < -0.3 is 9.88 Å². The molecule has 0 aliphatic carbocycles. The predicted molar refractivity (Wildman–Crippen MR) is 96.5 cm³/mol. The molecule has 0 radical (unpaired) electrons. The number of nitrogens with zero attached hydrogens (tertiary/aromatic N) is 1. The Morgan fingerprint density at radius 2 is 1.74 bits per heavy atom. The van der Waals surface area contributed by atoms with Crippen LogP contribution in [0.5, 0.6) is 0 Å². The lowest BCUT2D eigenvalue weighted by Crippen LogP contribution is -2.26. The van der Waals surface area contributed by atoms with Crippen molar-refractivity contribution >= 4 is 27.5 Å². The molecule has 0 fully saturated rings. The van der Waals surface area contributed by atoms with Gasteiger partial charge in [0.05, 0.1) is 0 Å². The van der Waals surface area contributed by atoms with Gasteiger partial charge in [-0.05, 0) is 48.4 Å². The number of aromatic nitrogens is 1. The van der Waals surface area contributed by atoms with Gasteiger partial charge in [0.2, 0.25) is 0 Å². The van der Waals surface area contributed by atoms with Gasteiger partial charge in [-0.15, -0.1) is 0 Å². The molecule has 23 heavy (non-hydrogen) atoms. The van der Waals surface area contributed by atoms with Crippen LogP contribution in [0.1, 0.15) is 17.2 Å². The van der Waals surface area contributed by atoms with Gasteiger partial charge in [0.15, 0.2) is 0 Å². The fourth-order valence-electron chi connectivity index (χ4n) is 2.55. The Labute approximate surface area is 144 Å². The standard InChI is InChI=1S/C19H17BrN2O/c1-14-13-16(9-10-17(14)20)21-19(23)18(22-11-5-6-12-22)15-7-3-2-4-8-15/h2-13,18H,1H3,(H,21,23)/t18-/m1/s1. The Morgan fingerprint density at radius 1 is 1.04 bits per heavy atom. The largest absolute Gasteiger partial charge is 0.338 e. The lowest BCUT2D eigenvalue weighted by molar-refractivity contribution is -0.118. The number of carbonyl (C=O) groups excluding carboxylic acids is 1. The number of halogens is 1. The highest BCUT2D eigenvalue weighted by Crippen LogP contribution is 2.23. The van der Waals surface area contributed by atoms with Crippen LogP contribution in [0.4, 0.5) is 5.69 Å². The van der Waals surface area contributed by atoms with E-state index < -0.39 is 6.04 Å². The van der Waals surface area contributed by atoms with Crippen LogP contribution in [-0.2, 0) is 4.79 Å². The first-order valence-electron chi connectivity index (χ1n) is 7.39. The molecule has 1 N–H and O–H groups in total. The molecule has 0 aliphatic rings. The van der Waals surface area contributed by atoms with Crippen LogP contribution in [0.2, 0.25) is 0 Å². The average molecular weight is 369 g/mol. The smallest absolute Gasteiger partial charge is 0.252 e. The van der Waals surface area contributed by atoms with E-state index in [-0.39, 0.29) is 5.91 Å². The number of nitrogens with one attached hydrogen (secondary N) is 1. The van der Waals surface area contributed by atoms with E-state index in [0.717, 1.165) is 21.3 Å². The van der Waals surface area contributed by atoms with E-state index in [2.05, 4.69) is 21.2 Å². The number of hydrogen-bond acceptors (Lipinski definition) is 1. The summed E-state index contributed by atoms with van der Waals surface area (Å²) in [5, 5.41) is 3.02. The van der Waals surface area contributed by atoms with Crippen LogP contribution in [0, 0.1) is 6.92 Å². The zero-order valence-electron chi connectivity index (χ0n) is 12.7. The number of rotatable bonds is 4. The number of anilines is 1. The van der Waals surface area contributed by atoms with Crippen molar-refractivity contribution < 1.29 is 4.79 Å². The maximum Gasteiger partial charge on any atom is 0.252 e. The van der Waals surface area contributed by atoms with Crippen LogP contribution in [0.15, 0.2) is 77.5 Å². The Kier molecular flexibility index (Phi) is 4.63. The average Bonchev–Trinajstić information content (AvgIpc) is 3.06. The lowest BCUT2D eigenvalue weighted by atomic mass is 10.1. The number of carbonyl (C=O) groups is 1. The molecule has 3 nitrogen and oxygen atoms in total. The highest BCUT2D eigenvalue weighted by atomic mass is 79.9. The maximum atomic E-state index is 12.9. The van der Waals surface area contributed by atoms with Crippen molar-refractivity contribution in [2.24, 2.45) is 0 Å². The van der Waals surface area contributed by atoms with Gasteiger partial charge >= 0.3 is 0 Å². The third-order valence-corrected chi connectivity index (χ3v) is 4.60. The molecular formula is C19H17BrN2O. The van der Waals surface area contributed by atoms with E-state index in [9.17, 15) is 4.79 Å². The van der Waals surface area contributed by atoms with Crippen LogP contribution in [-0.4, -0.2) is 10.5 Å². The van der Waals surface area contributed by atoms with Crippen molar-refractivity contribution in [3.05, 3.63) is 88.7 Å². The first-order chi connectivity index (χ1) is 11.1. The normalized spacial score (nSPS) is 11.9. The number of amides is 1. The molecule has 4 heteroatoms. The topological polar surface area (TPSA) is 34.0 Å². The summed E-state index contributed by atoms with van der Waals surface area (Å²) in [7, 11) is 0. The molecule has 0 saturated heterocycles. The van der Waals surface area contributed by atoms with Crippen LogP contribution in [0.25, 0.3) is 0 Å². The van der Waals surface area contributed by atoms with Crippen molar-refractivity contribution in [3.63, 3.8) is 0 Å². The first kappa shape index (κ1) is 15.6. The molecule has 0 spiro atoms. The zero-order chi connectivity index (χ0) is 16.2. The molecule has 3 aromatic rings. The Balaban J connectivity index is 1.90. The first-order valence-corrected chi connectivity index (χ1v) is 8.19. The summed E-state index contributed by atoms with van der Waals surface area (Å²) in [5.41, 5.74) is 2.83. The summed E-state index contributed by atoms with van der Waals surface area (Å²) < 4.78 is 2.94. The van der Waals surface area contributed by atoms with Crippen molar-refractivity contribution in [2.45, 2.75) is 13.0 Å². The zero-order valence-corrected chi connectivity index (χ0v) is 14.3.